The lowest BCUT2D eigenvalue weighted by Gasteiger charge is -2.31. The Kier molecular flexibility index (Phi) is 6.20. The topological polar surface area (TPSA) is 82.0 Å². The van der Waals surface area contributed by atoms with Gasteiger partial charge >= 0.3 is 0 Å². The Bertz CT molecular complexity index is 860. The maximum Gasteiger partial charge on any atom is 0.238 e. The molecule has 1 heterocycles. The lowest BCUT2D eigenvalue weighted by molar-refractivity contribution is -0.129. The SMILES string of the molecule is O=C(Nc1ccccc1F)[C@H]1CC(=O)N(CCO)C(=Nc2ccccc2)S1. The predicted octanol–water partition coefficient (Wildman–Crippen LogP) is 2.78. The number of amides is 2. The fraction of sp³-hybridized carbons (Fsp3) is 0.211. The van der Waals surface area contributed by atoms with Gasteiger partial charge in [-0.05, 0) is 24.3 Å². The number of halogens is 1. The van der Waals surface area contributed by atoms with Crippen molar-refractivity contribution in [3.63, 3.8) is 0 Å². The number of benzene rings is 2. The van der Waals surface area contributed by atoms with Gasteiger partial charge in [-0.15, -0.1) is 0 Å². The van der Waals surface area contributed by atoms with Gasteiger partial charge in [0.05, 0.1) is 24.5 Å². The molecule has 0 unspecified atom stereocenters. The van der Waals surface area contributed by atoms with Crippen LogP contribution >= 0.6 is 11.8 Å². The summed E-state index contributed by atoms with van der Waals surface area (Å²) in [5, 5.41) is 11.4. The minimum absolute atomic E-state index is 0.0568. The van der Waals surface area contributed by atoms with Gasteiger partial charge in [-0.1, -0.05) is 42.1 Å². The van der Waals surface area contributed by atoms with E-state index in [1.54, 1.807) is 18.2 Å². The lowest BCUT2D eigenvalue weighted by Crippen LogP contribution is -2.46. The summed E-state index contributed by atoms with van der Waals surface area (Å²) >= 11 is 1.12. The van der Waals surface area contributed by atoms with Gasteiger partial charge in [0.15, 0.2) is 5.17 Å². The molecule has 2 aromatic rings. The number of aliphatic imine (C=N–C) groups is 1. The number of β-amino-alcohol motifs (C(OH)–C–C–N with tert-alkyl or cyclic N) is 1. The molecule has 3 rings (SSSR count). The molecule has 2 aromatic carbocycles. The Hall–Kier alpha value is -2.71. The van der Waals surface area contributed by atoms with Crippen LogP contribution in [0.4, 0.5) is 15.8 Å². The van der Waals surface area contributed by atoms with Crippen molar-refractivity contribution < 1.29 is 19.1 Å². The first-order valence-electron chi connectivity index (χ1n) is 8.35. The number of thioether (sulfide) groups is 1. The van der Waals surface area contributed by atoms with E-state index >= 15 is 0 Å². The third-order valence-electron chi connectivity index (χ3n) is 3.87. The highest BCUT2D eigenvalue weighted by Crippen LogP contribution is 2.30. The first-order chi connectivity index (χ1) is 13.1. The summed E-state index contributed by atoms with van der Waals surface area (Å²) in [6.45, 7) is -0.120. The molecule has 0 bridgehead atoms. The van der Waals surface area contributed by atoms with Crippen LogP contribution in [-0.2, 0) is 9.59 Å². The van der Waals surface area contributed by atoms with E-state index in [1.165, 1.54) is 23.1 Å². The number of hydrogen-bond acceptors (Lipinski definition) is 5. The third kappa shape index (κ3) is 4.72. The molecule has 140 valence electrons. The Balaban J connectivity index is 1.82. The van der Waals surface area contributed by atoms with E-state index in [9.17, 15) is 19.1 Å². The van der Waals surface area contributed by atoms with Crippen molar-refractivity contribution in [2.24, 2.45) is 4.99 Å². The summed E-state index contributed by atoms with van der Waals surface area (Å²) in [5.41, 5.74) is 0.695. The first-order valence-corrected chi connectivity index (χ1v) is 9.23. The fourth-order valence-corrected chi connectivity index (χ4v) is 3.67. The summed E-state index contributed by atoms with van der Waals surface area (Å²) in [6.07, 6.45) is -0.0568. The maximum atomic E-state index is 13.8. The number of aliphatic hydroxyl groups excluding tert-OH is 1. The third-order valence-corrected chi connectivity index (χ3v) is 5.06. The zero-order valence-electron chi connectivity index (χ0n) is 14.3. The van der Waals surface area contributed by atoms with Crippen LogP contribution < -0.4 is 5.32 Å². The quantitative estimate of drug-likeness (QED) is 0.827. The Morgan fingerprint density at radius 2 is 1.93 bits per heavy atom. The number of amidine groups is 1. The molecule has 0 aromatic heterocycles. The van der Waals surface area contributed by atoms with Crippen LogP contribution in [0, 0.1) is 5.82 Å². The molecule has 1 fully saturated rings. The predicted molar refractivity (Wildman–Crippen MR) is 103 cm³/mol. The number of nitrogens with zero attached hydrogens (tertiary/aromatic N) is 2. The van der Waals surface area contributed by atoms with Gasteiger partial charge in [-0.3, -0.25) is 14.5 Å². The number of anilines is 1. The first kappa shape index (κ1) is 19.1. The summed E-state index contributed by atoms with van der Waals surface area (Å²) in [5.74, 6) is -1.33. The van der Waals surface area contributed by atoms with Crippen LogP contribution in [0.25, 0.3) is 0 Å². The van der Waals surface area contributed by atoms with E-state index < -0.39 is 17.0 Å². The van der Waals surface area contributed by atoms with E-state index in [2.05, 4.69) is 10.3 Å². The van der Waals surface area contributed by atoms with E-state index in [-0.39, 0.29) is 31.2 Å². The number of carbonyl (C=O) groups is 2. The van der Waals surface area contributed by atoms with Crippen molar-refractivity contribution in [3.8, 4) is 0 Å². The molecule has 1 aliphatic rings. The zero-order valence-corrected chi connectivity index (χ0v) is 15.2. The Morgan fingerprint density at radius 1 is 1.22 bits per heavy atom. The molecule has 0 aliphatic carbocycles. The van der Waals surface area contributed by atoms with Gasteiger partial charge in [-0.2, -0.15) is 0 Å². The molecule has 2 N–H and O–H groups in total. The second-order valence-corrected chi connectivity index (χ2v) is 6.95. The highest BCUT2D eigenvalue weighted by atomic mass is 32.2. The van der Waals surface area contributed by atoms with Gasteiger partial charge in [0.25, 0.3) is 0 Å². The number of hydrogen-bond donors (Lipinski definition) is 2. The molecule has 6 nitrogen and oxygen atoms in total. The van der Waals surface area contributed by atoms with Crippen molar-refractivity contribution >= 4 is 40.1 Å². The normalized spacial score (nSPS) is 18.6. The second-order valence-electron chi connectivity index (χ2n) is 5.78. The van der Waals surface area contributed by atoms with Crippen molar-refractivity contribution in [2.45, 2.75) is 11.7 Å². The number of para-hydroxylation sites is 2. The average Bonchev–Trinajstić information content (AvgIpc) is 2.67. The van der Waals surface area contributed by atoms with E-state index in [4.69, 9.17) is 0 Å². The molecule has 8 heteroatoms. The van der Waals surface area contributed by atoms with Crippen molar-refractivity contribution in [1.82, 2.24) is 4.90 Å². The number of nitrogens with one attached hydrogen (secondary N) is 1. The van der Waals surface area contributed by atoms with Crippen molar-refractivity contribution in [2.75, 3.05) is 18.5 Å². The minimum Gasteiger partial charge on any atom is -0.395 e. The van der Waals surface area contributed by atoms with E-state index in [0.29, 0.717) is 10.9 Å². The van der Waals surface area contributed by atoms with E-state index in [1.807, 2.05) is 18.2 Å². The largest absolute Gasteiger partial charge is 0.395 e. The van der Waals surface area contributed by atoms with Crippen molar-refractivity contribution in [1.29, 1.82) is 0 Å². The smallest absolute Gasteiger partial charge is 0.238 e. The molecule has 2 amide bonds. The number of aliphatic hydroxyl groups is 1. The maximum absolute atomic E-state index is 13.8. The molecular weight excluding hydrogens is 369 g/mol. The summed E-state index contributed by atoms with van der Waals surface area (Å²) in [7, 11) is 0. The molecule has 0 spiro atoms. The molecule has 1 saturated heterocycles. The molecular formula is C19H18FN3O3S. The monoisotopic (exact) mass is 387 g/mol. The number of carbonyl (C=O) groups excluding carboxylic acids is 2. The molecule has 27 heavy (non-hydrogen) atoms. The van der Waals surface area contributed by atoms with E-state index in [0.717, 1.165) is 11.8 Å². The van der Waals surface area contributed by atoms with Gasteiger partial charge in [0, 0.05) is 6.42 Å². The molecule has 1 aliphatic heterocycles. The van der Waals surface area contributed by atoms with Crippen LogP contribution in [-0.4, -0.2) is 45.4 Å². The van der Waals surface area contributed by atoms with Crippen LogP contribution in [0.1, 0.15) is 6.42 Å². The Morgan fingerprint density at radius 3 is 2.63 bits per heavy atom. The van der Waals surface area contributed by atoms with Gasteiger partial charge in [0.2, 0.25) is 11.8 Å². The molecule has 1 atom stereocenters. The summed E-state index contributed by atoms with van der Waals surface area (Å²) in [4.78, 5) is 30.9. The van der Waals surface area contributed by atoms with Crippen LogP contribution in [0.3, 0.4) is 0 Å². The molecule has 0 saturated carbocycles. The minimum atomic E-state index is -0.741. The second kappa shape index (κ2) is 8.79. The van der Waals surface area contributed by atoms with Crippen LogP contribution in [0.5, 0.6) is 0 Å². The standard InChI is InChI=1S/C19H18FN3O3S/c20-14-8-4-5-9-15(14)22-18(26)16-12-17(25)23(10-11-24)19(27-16)21-13-6-2-1-3-7-13/h1-9,16,24H,10-12H2,(H,22,26)/t16-/m1/s1. The highest BCUT2D eigenvalue weighted by molar-refractivity contribution is 8.15. The van der Waals surface area contributed by atoms with Gasteiger partial charge in [-0.25, -0.2) is 9.38 Å². The Labute approximate surface area is 160 Å². The fourth-order valence-electron chi connectivity index (χ4n) is 2.55. The zero-order chi connectivity index (χ0) is 19.2. The van der Waals surface area contributed by atoms with Gasteiger partial charge in [0.1, 0.15) is 11.1 Å². The van der Waals surface area contributed by atoms with Gasteiger partial charge < -0.3 is 10.4 Å². The average molecular weight is 387 g/mol. The number of rotatable bonds is 5. The summed E-state index contributed by atoms with van der Waals surface area (Å²) < 4.78 is 13.8. The van der Waals surface area contributed by atoms with Crippen molar-refractivity contribution in [3.05, 3.63) is 60.4 Å². The van der Waals surface area contributed by atoms with Crippen LogP contribution in [0.2, 0.25) is 0 Å². The van der Waals surface area contributed by atoms with Crippen LogP contribution in [0.15, 0.2) is 59.6 Å². The highest BCUT2D eigenvalue weighted by Gasteiger charge is 2.35. The lowest BCUT2D eigenvalue weighted by atomic mass is 10.2. The molecule has 0 radical (unpaired) electrons. The summed E-state index contributed by atoms with van der Waals surface area (Å²) in [6, 6.07) is 14.9.